The van der Waals surface area contributed by atoms with Crippen LogP contribution in [0, 0.1) is 0 Å². The van der Waals surface area contributed by atoms with E-state index < -0.39 is 11.9 Å². The van der Waals surface area contributed by atoms with E-state index in [0.717, 1.165) is 0 Å². The Bertz CT molecular complexity index is 704. The molecule has 0 unspecified atom stereocenters. The average molecular weight is 283 g/mol. The van der Waals surface area contributed by atoms with Crippen LogP contribution in [-0.4, -0.2) is 22.8 Å². The summed E-state index contributed by atoms with van der Waals surface area (Å²) >= 11 is 0. The zero-order valence-electron chi connectivity index (χ0n) is 11.1. The molecule has 2 aromatic carbocycles. The van der Waals surface area contributed by atoms with E-state index in [-0.39, 0.29) is 23.3 Å². The Morgan fingerprint density at radius 2 is 1.48 bits per heavy atom. The van der Waals surface area contributed by atoms with Gasteiger partial charge in [0.1, 0.15) is 0 Å². The number of carbonyl (C=O) groups is 3. The van der Waals surface area contributed by atoms with Crippen LogP contribution in [0.3, 0.4) is 0 Å². The Morgan fingerprint density at radius 1 is 0.905 bits per heavy atom. The zero-order chi connectivity index (χ0) is 15.4. The van der Waals surface area contributed by atoms with E-state index in [0.29, 0.717) is 11.1 Å². The van der Waals surface area contributed by atoms with Crippen LogP contribution < -0.4 is 5.73 Å². The SMILES string of the molecule is NC(=O)c1ccc(CC(=O)c2ccccc2C(=O)O)cc1. The van der Waals surface area contributed by atoms with Gasteiger partial charge >= 0.3 is 5.97 Å². The standard InChI is InChI=1S/C16H13NO4/c17-15(19)11-7-5-10(6-8-11)9-14(18)12-3-1-2-4-13(12)16(20)21/h1-8H,9H2,(H2,17,19)(H,20,21). The van der Waals surface area contributed by atoms with Gasteiger partial charge < -0.3 is 10.8 Å². The number of carboxylic acids is 1. The monoisotopic (exact) mass is 283 g/mol. The van der Waals surface area contributed by atoms with E-state index in [2.05, 4.69) is 0 Å². The summed E-state index contributed by atoms with van der Waals surface area (Å²) in [7, 11) is 0. The molecule has 0 atom stereocenters. The highest BCUT2D eigenvalue weighted by Gasteiger charge is 2.16. The predicted molar refractivity (Wildman–Crippen MR) is 76.4 cm³/mol. The van der Waals surface area contributed by atoms with Crippen molar-refractivity contribution in [2.24, 2.45) is 5.73 Å². The van der Waals surface area contributed by atoms with Crippen LogP contribution >= 0.6 is 0 Å². The van der Waals surface area contributed by atoms with E-state index in [4.69, 9.17) is 10.8 Å². The number of hydrogen-bond donors (Lipinski definition) is 2. The van der Waals surface area contributed by atoms with E-state index in [1.54, 1.807) is 24.3 Å². The van der Waals surface area contributed by atoms with Gasteiger partial charge in [0.15, 0.2) is 5.78 Å². The number of nitrogens with two attached hydrogens (primary N) is 1. The molecule has 5 nitrogen and oxygen atoms in total. The fraction of sp³-hybridized carbons (Fsp3) is 0.0625. The minimum Gasteiger partial charge on any atom is -0.478 e. The van der Waals surface area contributed by atoms with Gasteiger partial charge in [-0.05, 0) is 23.8 Å². The first kappa shape index (κ1) is 14.5. The molecule has 0 aliphatic carbocycles. The number of benzene rings is 2. The van der Waals surface area contributed by atoms with Crippen LogP contribution in [0.5, 0.6) is 0 Å². The summed E-state index contributed by atoms with van der Waals surface area (Å²) in [6.45, 7) is 0. The molecule has 5 heteroatoms. The molecular formula is C16H13NO4. The first-order valence-electron chi connectivity index (χ1n) is 6.23. The molecular weight excluding hydrogens is 270 g/mol. The van der Waals surface area contributed by atoms with Crippen molar-refractivity contribution in [3.8, 4) is 0 Å². The third kappa shape index (κ3) is 3.33. The maximum Gasteiger partial charge on any atom is 0.336 e. The maximum absolute atomic E-state index is 12.2. The summed E-state index contributed by atoms with van der Waals surface area (Å²) in [6.07, 6.45) is 0.0589. The molecule has 21 heavy (non-hydrogen) atoms. The van der Waals surface area contributed by atoms with Crippen molar-refractivity contribution in [3.05, 3.63) is 70.8 Å². The second kappa shape index (κ2) is 6.00. The fourth-order valence-electron chi connectivity index (χ4n) is 1.98. The van der Waals surface area contributed by atoms with E-state index >= 15 is 0 Å². The van der Waals surface area contributed by atoms with Crippen molar-refractivity contribution >= 4 is 17.7 Å². The number of carbonyl (C=O) groups excluding carboxylic acids is 2. The van der Waals surface area contributed by atoms with Crippen molar-refractivity contribution in [3.63, 3.8) is 0 Å². The van der Waals surface area contributed by atoms with Crippen molar-refractivity contribution in [2.45, 2.75) is 6.42 Å². The van der Waals surface area contributed by atoms with Crippen molar-refractivity contribution in [1.29, 1.82) is 0 Å². The zero-order valence-corrected chi connectivity index (χ0v) is 11.1. The van der Waals surface area contributed by atoms with Gasteiger partial charge in [0, 0.05) is 17.5 Å². The third-order valence-corrected chi connectivity index (χ3v) is 3.06. The Kier molecular flexibility index (Phi) is 4.13. The lowest BCUT2D eigenvalue weighted by Crippen LogP contribution is -2.12. The molecule has 0 spiro atoms. The van der Waals surface area contributed by atoms with Gasteiger partial charge in [-0.2, -0.15) is 0 Å². The molecule has 0 aliphatic heterocycles. The van der Waals surface area contributed by atoms with Crippen LogP contribution in [0.2, 0.25) is 0 Å². The molecule has 0 heterocycles. The number of amides is 1. The van der Waals surface area contributed by atoms with Gasteiger partial charge in [-0.25, -0.2) is 4.79 Å². The van der Waals surface area contributed by atoms with Gasteiger partial charge in [0.25, 0.3) is 0 Å². The highest BCUT2D eigenvalue weighted by Crippen LogP contribution is 2.13. The van der Waals surface area contributed by atoms with Gasteiger partial charge in [-0.3, -0.25) is 9.59 Å². The lowest BCUT2D eigenvalue weighted by atomic mass is 9.98. The van der Waals surface area contributed by atoms with Crippen LogP contribution in [0.15, 0.2) is 48.5 Å². The molecule has 0 aromatic heterocycles. The molecule has 2 rings (SSSR count). The maximum atomic E-state index is 12.2. The summed E-state index contributed by atoms with van der Waals surface area (Å²) in [5, 5.41) is 9.07. The lowest BCUT2D eigenvalue weighted by Gasteiger charge is -2.05. The summed E-state index contributed by atoms with van der Waals surface area (Å²) in [5.74, 6) is -1.97. The number of ketones is 1. The summed E-state index contributed by atoms with van der Waals surface area (Å²) < 4.78 is 0. The smallest absolute Gasteiger partial charge is 0.336 e. The summed E-state index contributed by atoms with van der Waals surface area (Å²) in [4.78, 5) is 34.3. The predicted octanol–water partition coefficient (Wildman–Crippen LogP) is 1.91. The van der Waals surface area contributed by atoms with Gasteiger partial charge in [-0.15, -0.1) is 0 Å². The van der Waals surface area contributed by atoms with E-state index in [1.807, 2.05) is 0 Å². The molecule has 0 saturated carbocycles. The Hall–Kier alpha value is -2.95. The normalized spacial score (nSPS) is 10.1. The quantitative estimate of drug-likeness (QED) is 0.819. The summed E-state index contributed by atoms with van der Waals surface area (Å²) in [6, 6.07) is 12.4. The lowest BCUT2D eigenvalue weighted by molar-refractivity contribution is 0.0691. The molecule has 3 N–H and O–H groups in total. The Morgan fingerprint density at radius 3 is 2.00 bits per heavy atom. The third-order valence-electron chi connectivity index (χ3n) is 3.06. The number of Topliss-reactive ketones (excluding diaryl/α,β-unsaturated/α-hetero) is 1. The van der Waals surface area contributed by atoms with E-state index in [1.165, 1.54) is 24.3 Å². The number of aromatic carboxylic acids is 1. The highest BCUT2D eigenvalue weighted by atomic mass is 16.4. The van der Waals surface area contributed by atoms with E-state index in [9.17, 15) is 14.4 Å². The number of carboxylic acid groups (broad SMARTS) is 1. The Balaban J connectivity index is 2.22. The summed E-state index contributed by atoms with van der Waals surface area (Å²) in [5.41, 5.74) is 6.33. The van der Waals surface area contributed by atoms with Crippen LogP contribution in [0.1, 0.15) is 36.6 Å². The first-order chi connectivity index (χ1) is 9.99. The highest BCUT2D eigenvalue weighted by molar-refractivity contribution is 6.06. The number of primary amides is 1. The average Bonchev–Trinajstić information content (AvgIpc) is 2.47. The number of rotatable bonds is 5. The van der Waals surface area contributed by atoms with Crippen molar-refractivity contribution < 1.29 is 19.5 Å². The second-order valence-corrected chi connectivity index (χ2v) is 4.51. The van der Waals surface area contributed by atoms with Crippen molar-refractivity contribution in [1.82, 2.24) is 0 Å². The molecule has 0 bridgehead atoms. The molecule has 106 valence electrons. The van der Waals surface area contributed by atoms with Crippen LogP contribution in [0.25, 0.3) is 0 Å². The second-order valence-electron chi connectivity index (χ2n) is 4.51. The topological polar surface area (TPSA) is 97.5 Å². The molecule has 0 aliphatic rings. The van der Waals surface area contributed by atoms with Crippen LogP contribution in [-0.2, 0) is 6.42 Å². The molecule has 0 saturated heterocycles. The Labute approximate surface area is 121 Å². The minimum absolute atomic E-state index is 0.0174. The van der Waals surface area contributed by atoms with Gasteiger partial charge in [0.05, 0.1) is 5.56 Å². The largest absolute Gasteiger partial charge is 0.478 e. The minimum atomic E-state index is -1.14. The van der Waals surface area contributed by atoms with Crippen LogP contribution in [0.4, 0.5) is 0 Å². The van der Waals surface area contributed by atoms with Gasteiger partial charge in [-0.1, -0.05) is 30.3 Å². The molecule has 0 radical (unpaired) electrons. The fourth-order valence-corrected chi connectivity index (χ4v) is 1.98. The molecule has 2 aromatic rings. The van der Waals surface area contributed by atoms with Crippen molar-refractivity contribution in [2.75, 3.05) is 0 Å². The molecule has 0 fully saturated rings. The van der Waals surface area contributed by atoms with Gasteiger partial charge in [0.2, 0.25) is 5.91 Å². The molecule has 1 amide bonds. The first-order valence-corrected chi connectivity index (χ1v) is 6.23. The number of hydrogen-bond acceptors (Lipinski definition) is 3.